The van der Waals surface area contributed by atoms with Crippen LogP contribution in [0, 0.1) is 0 Å². The van der Waals surface area contributed by atoms with Crippen LogP contribution in [-0.2, 0) is 16.7 Å². The molecule has 1 N–H and O–H groups in total. The smallest absolute Gasteiger partial charge is 0.0733 e. The highest BCUT2D eigenvalue weighted by molar-refractivity contribution is 5.27. The van der Waals surface area contributed by atoms with E-state index in [4.69, 9.17) is 4.74 Å². The van der Waals surface area contributed by atoms with Crippen molar-refractivity contribution < 1.29 is 4.74 Å². The van der Waals surface area contributed by atoms with Crippen LogP contribution in [0.1, 0.15) is 51.2 Å². The summed E-state index contributed by atoms with van der Waals surface area (Å²) >= 11 is 0. The van der Waals surface area contributed by atoms with Gasteiger partial charge >= 0.3 is 0 Å². The minimum atomic E-state index is 0.240. The van der Waals surface area contributed by atoms with Crippen LogP contribution in [0.4, 0.5) is 0 Å². The Morgan fingerprint density at radius 1 is 1.16 bits per heavy atom. The normalized spacial score (nSPS) is 29.9. The Labute approximate surface area is 116 Å². The molecule has 0 spiro atoms. The third-order valence-electron chi connectivity index (χ3n) is 4.49. The molecule has 3 unspecified atom stereocenters. The minimum Gasteiger partial charge on any atom is -0.373 e. The molecule has 2 aliphatic heterocycles. The van der Waals surface area contributed by atoms with E-state index < -0.39 is 0 Å². The molecular formula is C17H25NO. The Kier molecular flexibility index (Phi) is 3.40. The molecule has 2 heterocycles. The van der Waals surface area contributed by atoms with Gasteiger partial charge in [-0.3, -0.25) is 0 Å². The lowest BCUT2D eigenvalue weighted by Gasteiger charge is -2.21. The van der Waals surface area contributed by atoms with Gasteiger partial charge in [-0.05, 0) is 35.8 Å². The van der Waals surface area contributed by atoms with Gasteiger partial charge in [-0.2, -0.15) is 0 Å². The maximum Gasteiger partial charge on any atom is 0.0733 e. The zero-order valence-electron chi connectivity index (χ0n) is 12.3. The Bertz CT molecular complexity index is 432. The lowest BCUT2D eigenvalue weighted by molar-refractivity contribution is 0.0973. The first-order chi connectivity index (χ1) is 9.02. The molecule has 2 bridgehead atoms. The van der Waals surface area contributed by atoms with Gasteiger partial charge in [0, 0.05) is 12.6 Å². The summed E-state index contributed by atoms with van der Waals surface area (Å²) in [6, 6.07) is 9.59. The van der Waals surface area contributed by atoms with Gasteiger partial charge in [-0.15, -0.1) is 0 Å². The molecule has 1 aromatic carbocycles. The molecule has 2 nitrogen and oxygen atoms in total. The molecular weight excluding hydrogens is 234 g/mol. The fourth-order valence-electron chi connectivity index (χ4n) is 3.22. The van der Waals surface area contributed by atoms with E-state index in [-0.39, 0.29) is 5.41 Å². The molecule has 19 heavy (non-hydrogen) atoms. The maximum absolute atomic E-state index is 5.87. The van der Waals surface area contributed by atoms with Gasteiger partial charge in [0.2, 0.25) is 0 Å². The number of rotatable bonds is 3. The summed E-state index contributed by atoms with van der Waals surface area (Å²) in [4.78, 5) is 0. The second kappa shape index (κ2) is 4.92. The highest BCUT2D eigenvalue weighted by atomic mass is 16.5. The zero-order chi connectivity index (χ0) is 13.5. The summed E-state index contributed by atoms with van der Waals surface area (Å²) in [5, 5.41) is 3.66. The molecule has 0 aliphatic carbocycles. The Balaban J connectivity index is 1.56. The predicted octanol–water partition coefficient (Wildman–Crippen LogP) is 3.39. The lowest BCUT2D eigenvalue weighted by Crippen LogP contribution is -2.36. The van der Waals surface area contributed by atoms with E-state index in [1.807, 2.05) is 0 Å². The van der Waals surface area contributed by atoms with Crippen LogP contribution in [0.15, 0.2) is 24.3 Å². The molecule has 0 amide bonds. The highest BCUT2D eigenvalue weighted by Gasteiger charge is 2.40. The molecule has 2 aliphatic rings. The topological polar surface area (TPSA) is 21.3 Å². The van der Waals surface area contributed by atoms with E-state index in [0.29, 0.717) is 18.2 Å². The third kappa shape index (κ3) is 2.85. The minimum absolute atomic E-state index is 0.240. The van der Waals surface area contributed by atoms with E-state index >= 15 is 0 Å². The van der Waals surface area contributed by atoms with Crippen LogP contribution in [0.5, 0.6) is 0 Å². The van der Waals surface area contributed by atoms with Gasteiger partial charge in [-0.1, -0.05) is 45.0 Å². The molecule has 2 heteroatoms. The lowest BCUT2D eigenvalue weighted by atomic mass is 9.86. The molecule has 0 aromatic heterocycles. The molecule has 2 fully saturated rings. The van der Waals surface area contributed by atoms with Gasteiger partial charge in [0.25, 0.3) is 0 Å². The van der Waals surface area contributed by atoms with Crippen LogP contribution in [-0.4, -0.2) is 18.2 Å². The molecule has 3 atom stereocenters. The first-order valence-electron chi connectivity index (χ1n) is 7.50. The summed E-state index contributed by atoms with van der Waals surface area (Å²) in [5.74, 6) is 0. The first kappa shape index (κ1) is 13.1. The predicted molar refractivity (Wildman–Crippen MR) is 78.3 cm³/mol. The second-order valence-corrected chi connectivity index (χ2v) is 7.04. The number of benzene rings is 1. The number of hydrogen-bond donors (Lipinski definition) is 1. The van der Waals surface area contributed by atoms with E-state index in [1.54, 1.807) is 0 Å². The van der Waals surface area contributed by atoms with Crippen molar-refractivity contribution in [3.8, 4) is 0 Å². The summed E-state index contributed by atoms with van der Waals surface area (Å²) in [6.45, 7) is 7.73. The van der Waals surface area contributed by atoms with Gasteiger partial charge in [0.15, 0.2) is 0 Å². The van der Waals surface area contributed by atoms with Crippen molar-refractivity contribution >= 4 is 0 Å². The third-order valence-corrected chi connectivity index (χ3v) is 4.49. The summed E-state index contributed by atoms with van der Waals surface area (Å²) in [5.41, 5.74) is 3.01. The van der Waals surface area contributed by atoms with E-state index in [0.717, 1.165) is 6.54 Å². The van der Waals surface area contributed by atoms with Gasteiger partial charge in [-0.25, -0.2) is 0 Å². The van der Waals surface area contributed by atoms with Gasteiger partial charge in [0.1, 0.15) is 0 Å². The summed E-state index contributed by atoms with van der Waals surface area (Å²) < 4.78 is 5.87. The quantitative estimate of drug-likeness (QED) is 0.898. The monoisotopic (exact) mass is 259 g/mol. The number of hydrogen-bond acceptors (Lipinski definition) is 2. The van der Waals surface area contributed by atoms with E-state index in [9.17, 15) is 0 Å². The van der Waals surface area contributed by atoms with E-state index in [2.05, 4.69) is 50.4 Å². The number of fused-ring (bicyclic) bond motifs is 2. The van der Waals surface area contributed by atoms with Crippen molar-refractivity contribution in [1.29, 1.82) is 0 Å². The molecule has 104 valence electrons. The standard InChI is InChI=1S/C17H25NO/c1-17(2,3)13-6-4-12(5-7-13)11-18-15-10-14-8-9-16(15)19-14/h4-7,14-16,18H,8-11H2,1-3H3. The fraction of sp³-hybridized carbons (Fsp3) is 0.647. The maximum atomic E-state index is 5.87. The highest BCUT2D eigenvalue weighted by Crippen LogP contribution is 2.34. The van der Waals surface area contributed by atoms with Crippen molar-refractivity contribution in [2.24, 2.45) is 0 Å². The van der Waals surface area contributed by atoms with Crippen LogP contribution >= 0.6 is 0 Å². The van der Waals surface area contributed by atoms with Crippen LogP contribution in [0.25, 0.3) is 0 Å². The summed E-state index contributed by atoms with van der Waals surface area (Å²) in [6.07, 6.45) is 4.71. The van der Waals surface area contributed by atoms with Crippen molar-refractivity contribution in [3.05, 3.63) is 35.4 Å². The molecule has 2 saturated heterocycles. The van der Waals surface area contributed by atoms with Crippen LogP contribution < -0.4 is 5.32 Å². The molecule has 3 rings (SSSR count). The van der Waals surface area contributed by atoms with Crippen molar-refractivity contribution in [2.45, 2.75) is 70.2 Å². The molecule has 0 radical (unpaired) electrons. The molecule has 0 saturated carbocycles. The number of ether oxygens (including phenoxy) is 1. The van der Waals surface area contributed by atoms with Gasteiger partial charge in [0.05, 0.1) is 12.2 Å². The average molecular weight is 259 g/mol. The average Bonchev–Trinajstić information content (AvgIpc) is 2.98. The van der Waals surface area contributed by atoms with Crippen LogP contribution in [0.3, 0.4) is 0 Å². The Morgan fingerprint density at radius 3 is 2.42 bits per heavy atom. The summed E-state index contributed by atoms with van der Waals surface area (Å²) in [7, 11) is 0. The van der Waals surface area contributed by atoms with E-state index in [1.165, 1.54) is 30.4 Å². The van der Waals surface area contributed by atoms with Crippen molar-refractivity contribution in [3.63, 3.8) is 0 Å². The number of nitrogens with one attached hydrogen (secondary N) is 1. The Hall–Kier alpha value is -0.860. The van der Waals surface area contributed by atoms with Crippen molar-refractivity contribution in [2.75, 3.05) is 0 Å². The van der Waals surface area contributed by atoms with Crippen molar-refractivity contribution in [1.82, 2.24) is 5.32 Å². The largest absolute Gasteiger partial charge is 0.373 e. The Morgan fingerprint density at radius 2 is 1.89 bits per heavy atom. The zero-order valence-corrected chi connectivity index (χ0v) is 12.3. The second-order valence-electron chi connectivity index (χ2n) is 7.04. The van der Waals surface area contributed by atoms with Crippen LogP contribution in [0.2, 0.25) is 0 Å². The first-order valence-corrected chi connectivity index (χ1v) is 7.50. The fourth-order valence-corrected chi connectivity index (χ4v) is 3.22. The molecule has 1 aromatic rings. The SMILES string of the molecule is CC(C)(C)c1ccc(CNC2CC3CCC2O3)cc1. The van der Waals surface area contributed by atoms with Gasteiger partial charge < -0.3 is 10.1 Å².